The Kier molecular flexibility index (Phi) is 8.41. The molecule has 1 heterocycles. The smallest absolute Gasteiger partial charge is 0.253 e. The van der Waals surface area contributed by atoms with E-state index in [4.69, 9.17) is 5.73 Å². The fourth-order valence-corrected chi connectivity index (χ4v) is 3.07. The number of carbonyl (C=O) groups excluding carboxylic acids is 1. The van der Waals surface area contributed by atoms with Crippen molar-refractivity contribution in [1.29, 1.82) is 0 Å². The van der Waals surface area contributed by atoms with Crippen LogP contribution in [0, 0.1) is 0 Å². The van der Waals surface area contributed by atoms with Crippen molar-refractivity contribution in [3.63, 3.8) is 0 Å². The van der Waals surface area contributed by atoms with Gasteiger partial charge in [-0.15, -0.1) is 24.8 Å². The molecule has 1 amide bonds. The molecular formula is C20H27Cl2N3O. The van der Waals surface area contributed by atoms with Gasteiger partial charge >= 0.3 is 0 Å². The Morgan fingerprint density at radius 2 is 1.62 bits per heavy atom. The molecule has 0 bridgehead atoms. The molecule has 2 N–H and O–H groups in total. The van der Waals surface area contributed by atoms with Crippen LogP contribution in [0.15, 0.2) is 48.5 Å². The molecule has 26 heavy (non-hydrogen) atoms. The van der Waals surface area contributed by atoms with Gasteiger partial charge in [0.15, 0.2) is 0 Å². The standard InChI is InChI=1S/C20H25N3O.2ClH/c1-22(2)19-8-6-15(7-9-19)16-4-3-5-17(14-16)20(24)23-12-10-18(21)11-13-23;;/h3-9,14,18H,10-13,21H2,1-2H3;2*1H. The van der Waals surface area contributed by atoms with E-state index in [2.05, 4.69) is 29.2 Å². The molecule has 0 spiro atoms. The molecule has 1 fully saturated rings. The Hall–Kier alpha value is -1.75. The van der Waals surface area contributed by atoms with Gasteiger partial charge in [0.2, 0.25) is 0 Å². The van der Waals surface area contributed by atoms with Crippen LogP contribution in [0.4, 0.5) is 5.69 Å². The molecule has 1 aliphatic rings. The molecule has 6 heteroatoms. The zero-order valence-electron chi connectivity index (χ0n) is 15.2. The molecule has 0 unspecified atom stereocenters. The minimum atomic E-state index is 0. The first kappa shape index (κ1) is 22.3. The molecule has 142 valence electrons. The zero-order chi connectivity index (χ0) is 17.1. The molecule has 3 rings (SSSR count). The number of carbonyl (C=O) groups is 1. The van der Waals surface area contributed by atoms with Crippen LogP contribution in [-0.2, 0) is 0 Å². The number of benzene rings is 2. The summed E-state index contributed by atoms with van der Waals surface area (Å²) in [4.78, 5) is 16.7. The summed E-state index contributed by atoms with van der Waals surface area (Å²) in [7, 11) is 4.05. The maximum Gasteiger partial charge on any atom is 0.253 e. The third kappa shape index (κ3) is 5.13. The normalized spacial score (nSPS) is 14.2. The number of likely N-dealkylation sites (tertiary alicyclic amines) is 1. The van der Waals surface area contributed by atoms with Crippen molar-refractivity contribution in [3.8, 4) is 11.1 Å². The molecule has 1 saturated heterocycles. The molecule has 0 aromatic heterocycles. The number of anilines is 1. The van der Waals surface area contributed by atoms with Crippen LogP contribution >= 0.6 is 24.8 Å². The number of nitrogens with two attached hydrogens (primary N) is 1. The van der Waals surface area contributed by atoms with E-state index in [1.165, 1.54) is 0 Å². The number of rotatable bonds is 3. The SMILES string of the molecule is CN(C)c1ccc(-c2cccc(C(=O)N3CCC(N)CC3)c2)cc1.Cl.Cl. The van der Waals surface area contributed by atoms with Crippen LogP contribution in [0.1, 0.15) is 23.2 Å². The van der Waals surface area contributed by atoms with E-state index in [1.54, 1.807) is 0 Å². The zero-order valence-corrected chi connectivity index (χ0v) is 16.9. The number of piperidine rings is 1. The van der Waals surface area contributed by atoms with Crippen molar-refractivity contribution in [2.45, 2.75) is 18.9 Å². The fourth-order valence-electron chi connectivity index (χ4n) is 3.07. The van der Waals surface area contributed by atoms with Crippen molar-refractivity contribution >= 4 is 36.4 Å². The van der Waals surface area contributed by atoms with Crippen molar-refractivity contribution in [1.82, 2.24) is 4.90 Å². The van der Waals surface area contributed by atoms with Gasteiger partial charge in [-0.05, 0) is 48.2 Å². The van der Waals surface area contributed by atoms with Crippen molar-refractivity contribution in [2.24, 2.45) is 5.73 Å². The van der Waals surface area contributed by atoms with Gasteiger partial charge in [-0.2, -0.15) is 0 Å². The maximum absolute atomic E-state index is 12.7. The number of amides is 1. The predicted molar refractivity (Wildman–Crippen MR) is 114 cm³/mol. The van der Waals surface area contributed by atoms with E-state index in [9.17, 15) is 4.79 Å². The summed E-state index contributed by atoms with van der Waals surface area (Å²) in [5, 5.41) is 0. The van der Waals surface area contributed by atoms with Gasteiger partial charge in [-0.25, -0.2) is 0 Å². The molecular weight excluding hydrogens is 369 g/mol. The Morgan fingerprint density at radius 3 is 2.19 bits per heavy atom. The second-order valence-electron chi connectivity index (χ2n) is 6.65. The Morgan fingerprint density at radius 1 is 1.00 bits per heavy atom. The summed E-state index contributed by atoms with van der Waals surface area (Å²) in [6.45, 7) is 1.50. The first-order valence-electron chi connectivity index (χ1n) is 8.47. The number of hydrogen-bond donors (Lipinski definition) is 1. The van der Waals surface area contributed by atoms with Crippen LogP contribution in [-0.4, -0.2) is 44.0 Å². The average molecular weight is 396 g/mol. The van der Waals surface area contributed by atoms with E-state index >= 15 is 0 Å². The van der Waals surface area contributed by atoms with E-state index < -0.39 is 0 Å². The Labute approximate surface area is 168 Å². The van der Waals surface area contributed by atoms with Gasteiger partial charge in [0.05, 0.1) is 0 Å². The van der Waals surface area contributed by atoms with Gasteiger partial charge in [0, 0.05) is 44.5 Å². The maximum atomic E-state index is 12.7. The highest BCUT2D eigenvalue weighted by Gasteiger charge is 2.21. The van der Waals surface area contributed by atoms with Gasteiger partial charge in [0.1, 0.15) is 0 Å². The van der Waals surface area contributed by atoms with E-state index in [-0.39, 0.29) is 36.8 Å². The highest BCUT2D eigenvalue weighted by Crippen LogP contribution is 2.24. The van der Waals surface area contributed by atoms with Gasteiger partial charge in [-0.1, -0.05) is 24.3 Å². The fraction of sp³-hybridized carbons (Fsp3) is 0.350. The lowest BCUT2D eigenvalue weighted by Crippen LogP contribution is -2.42. The quantitative estimate of drug-likeness (QED) is 0.858. The molecule has 2 aromatic rings. The molecule has 0 saturated carbocycles. The first-order chi connectivity index (χ1) is 11.5. The molecule has 0 atom stereocenters. The minimum Gasteiger partial charge on any atom is -0.378 e. The van der Waals surface area contributed by atoms with E-state index in [1.807, 2.05) is 43.3 Å². The molecule has 0 aliphatic carbocycles. The van der Waals surface area contributed by atoms with Crippen molar-refractivity contribution in [3.05, 3.63) is 54.1 Å². The van der Waals surface area contributed by atoms with Gasteiger partial charge in [0.25, 0.3) is 5.91 Å². The Balaban J connectivity index is 0.00000169. The number of hydrogen-bond acceptors (Lipinski definition) is 3. The third-order valence-electron chi connectivity index (χ3n) is 4.65. The average Bonchev–Trinajstić information content (AvgIpc) is 2.62. The lowest BCUT2D eigenvalue weighted by molar-refractivity contribution is 0.0715. The first-order valence-corrected chi connectivity index (χ1v) is 8.47. The summed E-state index contributed by atoms with van der Waals surface area (Å²) < 4.78 is 0. The Bertz CT molecular complexity index is 711. The van der Waals surface area contributed by atoms with Crippen molar-refractivity contribution in [2.75, 3.05) is 32.1 Å². The van der Waals surface area contributed by atoms with Gasteiger partial charge in [-0.3, -0.25) is 4.79 Å². The van der Waals surface area contributed by atoms with Crippen LogP contribution in [0.3, 0.4) is 0 Å². The van der Waals surface area contributed by atoms with E-state index in [0.29, 0.717) is 0 Å². The lowest BCUT2D eigenvalue weighted by atomic mass is 10.0. The summed E-state index contributed by atoms with van der Waals surface area (Å²) >= 11 is 0. The van der Waals surface area contributed by atoms with Gasteiger partial charge < -0.3 is 15.5 Å². The predicted octanol–water partition coefficient (Wildman–Crippen LogP) is 3.83. The monoisotopic (exact) mass is 395 g/mol. The highest BCUT2D eigenvalue weighted by atomic mass is 35.5. The summed E-state index contributed by atoms with van der Waals surface area (Å²) in [6.07, 6.45) is 1.77. The lowest BCUT2D eigenvalue weighted by Gasteiger charge is -2.30. The molecule has 0 radical (unpaired) electrons. The second-order valence-corrected chi connectivity index (χ2v) is 6.65. The summed E-state index contributed by atoms with van der Waals surface area (Å²) in [5.74, 6) is 0.105. The molecule has 1 aliphatic heterocycles. The van der Waals surface area contributed by atoms with Crippen LogP contribution < -0.4 is 10.6 Å². The largest absolute Gasteiger partial charge is 0.378 e. The number of nitrogens with zero attached hydrogens (tertiary/aromatic N) is 2. The van der Waals surface area contributed by atoms with Crippen LogP contribution in [0.5, 0.6) is 0 Å². The van der Waals surface area contributed by atoms with Crippen LogP contribution in [0.2, 0.25) is 0 Å². The van der Waals surface area contributed by atoms with Crippen molar-refractivity contribution < 1.29 is 4.79 Å². The third-order valence-corrected chi connectivity index (χ3v) is 4.65. The molecule has 2 aromatic carbocycles. The highest BCUT2D eigenvalue weighted by molar-refractivity contribution is 5.95. The topological polar surface area (TPSA) is 49.6 Å². The summed E-state index contributed by atoms with van der Waals surface area (Å²) in [5.41, 5.74) is 10.0. The second kappa shape index (κ2) is 9.81. The molecule has 4 nitrogen and oxygen atoms in total. The minimum absolute atomic E-state index is 0. The summed E-state index contributed by atoms with van der Waals surface area (Å²) in [6, 6.07) is 16.5. The van der Waals surface area contributed by atoms with Crippen LogP contribution in [0.25, 0.3) is 11.1 Å². The van der Waals surface area contributed by atoms with E-state index in [0.717, 1.165) is 48.3 Å². The number of halogens is 2.